The molecule has 1 atom stereocenters. The van der Waals surface area contributed by atoms with E-state index >= 15 is 0 Å². The molecule has 1 unspecified atom stereocenters. The van der Waals surface area contributed by atoms with E-state index in [1.807, 2.05) is 20.8 Å². The van der Waals surface area contributed by atoms with Crippen molar-refractivity contribution in [3.63, 3.8) is 0 Å². The predicted octanol–water partition coefficient (Wildman–Crippen LogP) is 5.66. The van der Waals surface area contributed by atoms with E-state index in [0.29, 0.717) is 15.6 Å². The first-order valence-electron chi connectivity index (χ1n) is 9.37. The SMILES string of the molecule is CC(C(=O)NC(C)(C)C)N(Cc1ccc(Cl)c(Cl)c1)C(=O)Cc1c(F)cccc1Cl. The Morgan fingerprint density at radius 2 is 1.73 bits per heavy atom. The van der Waals surface area contributed by atoms with Gasteiger partial charge in [0.1, 0.15) is 11.9 Å². The van der Waals surface area contributed by atoms with Gasteiger partial charge < -0.3 is 10.2 Å². The molecular weight excluding hydrogens is 450 g/mol. The van der Waals surface area contributed by atoms with Crippen LogP contribution in [0.1, 0.15) is 38.8 Å². The fourth-order valence-electron chi connectivity index (χ4n) is 2.85. The Bertz CT molecular complexity index is 924. The van der Waals surface area contributed by atoms with Crippen molar-refractivity contribution in [1.82, 2.24) is 10.2 Å². The average Bonchev–Trinajstić information content (AvgIpc) is 2.63. The van der Waals surface area contributed by atoms with E-state index in [1.165, 1.54) is 23.1 Å². The first kappa shape index (κ1) is 24.4. The smallest absolute Gasteiger partial charge is 0.242 e. The summed E-state index contributed by atoms with van der Waals surface area (Å²) >= 11 is 18.2. The van der Waals surface area contributed by atoms with Gasteiger partial charge in [-0.3, -0.25) is 9.59 Å². The van der Waals surface area contributed by atoms with Crippen LogP contribution in [0.4, 0.5) is 4.39 Å². The summed E-state index contributed by atoms with van der Waals surface area (Å²) in [5.74, 6) is -1.34. The summed E-state index contributed by atoms with van der Waals surface area (Å²) in [6.07, 6.45) is -0.278. The summed E-state index contributed by atoms with van der Waals surface area (Å²) < 4.78 is 14.2. The van der Waals surface area contributed by atoms with Gasteiger partial charge in [-0.15, -0.1) is 0 Å². The molecule has 0 radical (unpaired) electrons. The van der Waals surface area contributed by atoms with Crippen molar-refractivity contribution in [2.75, 3.05) is 0 Å². The van der Waals surface area contributed by atoms with Crippen LogP contribution < -0.4 is 5.32 Å². The van der Waals surface area contributed by atoms with E-state index in [1.54, 1.807) is 25.1 Å². The highest BCUT2D eigenvalue weighted by Gasteiger charge is 2.29. The molecule has 0 aliphatic heterocycles. The van der Waals surface area contributed by atoms with Gasteiger partial charge in [0.15, 0.2) is 0 Å². The number of hydrogen-bond acceptors (Lipinski definition) is 2. The first-order chi connectivity index (χ1) is 13.9. The molecule has 0 spiro atoms. The number of nitrogens with zero attached hydrogens (tertiary/aromatic N) is 1. The minimum absolute atomic E-state index is 0.0896. The van der Waals surface area contributed by atoms with Crippen molar-refractivity contribution in [3.8, 4) is 0 Å². The van der Waals surface area contributed by atoms with Crippen LogP contribution in [0.25, 0.3) is 0 Å². The number of carbonyl (C=O) groups is 2. The molecule has 0 aromatic heterocycles. The van der Waals surface area contributed by atoms with Gasteiger partial charge in [0.05, 0.1) is 16.5 Å². The predicted molar refractivity (Wildman–Crippen MR) is 119 cm³/mol. The second kappa shape index (κ2) is 9.99. The molecule has 0 heterocycles. The van der Waals surface area contributed by atoms with Crippen molar-refractivity contribution < 1.29 is 14.0 Å². The fourth-order valence-corrected chi connectivity index (χ4v) is 3.40. The van der Waals surface area contributed by atoms with Crippen LogP contribution in [0.15, 0.2) is 36.4 Å². The minimum Gasteiger partial charge on any atom is -0.350 e. The normalized spacial score (nSPS) is 12.4. The summed E-state index contributed by atoms with van der Waals surface area (Å²) in [4.78, 5) is 27.3. The molecule has 2 amide bonds. The van der Waals surface area contributed by atoms with E-state index in [9.17, 15) is 14.0 Å². The highest BCUT2D eigenvalue weighted by molar-refractivity contribution is 6.42. The second-order valence-electron chi connectivity index (χ2n) is 8.06. The van der Waals surface area contributed by atoms with E-state index in [2.05, 4.69) is 5.32 Å². The van der Waals surface area contributed by atoms with Gasteiger partial charge in [0.25, 0.3) is 0 Å². The molecule has 2 rings (SSSR count). The molecule has 0 saturated heterocycles. The third-order valence-electron chi connectivity index (χ3n) is 4.39. The summed E-state index contributed by atoms with van der Waals surface area (Å²) in [5.41, 5.74) is 0.304. The van der Waals surface area contributed by atoms with E-state index in [4.69, 9.17) is 34.8 Å². The van der Waals surface area contributed by atoms with Crippen LogP contribution >= 0.6 is 34.8 Å². The lowest BCUT2D eigenvalue weighted by atomic mass is 10.1. The van der Waals surface area contributed by atoms with Crippen LogP contribution in [0.3, 0.4) is 0 Å². The number of hydrogen-bond donors (Lipinski definition) is 1. The summed E-state index contributed by atoms with van der Waals surface area (Å²) in [7, 11) is 0. The number of rotatable bonds is 6. The van der Waals surface area contributed by atoms with Crippen molar-refractivity contribution in [2.24, 2.45) is 0 Å². The molecule has 8 heteroatoms. The van der Waals surface area contributed by atoms with Crippen LogP contribution in [-0.2, 0) is 22.6 Å². The van der Waals surface area contributed by atoms with Crippen LogP contribution in [0, 0.1) is 5.82 Å². The summed E-state index contributed by atoms with van der Waals surface area (Å²) in [6, 6.07) is 8.40. The number of carbonyl (C=O) groups excluding carboxylic acids is 2. The maximum absolute atomic E-state index is 14.2. The Hall–Kier alpha value is -1.82. The third-order valence-corrected chi connectivity index (χ3v) is 5.49. The number of nitrogens with one attached hydrogen (secondary N) is 1. The zero-order chi connectivity index (χ0) is 22.6. The highest BCUT2D eigenvalue weighted by Crippen LogP contribution is 2.25. The van der Waals surface area contributed by atoms with Crippen molar-refractivity contribution in [1.29, 1.82) is 0 Å². The lowest BCUT2D eigenvalue weighted by molar-refractivity contribution is -0.140. The Balaban J connectivity index is 2.34. The van der Waals surface area contributed by atoms with E-state index in [0.717, 1.165) is 0 Å². The zero-order valence-electron chi connectivity index (χ0n) is 17.2. The maximum atomic E-state index is 14.2. The minimum atomic E-state index is -0.809. The van der Waals surface area contributed by atoms with Crippen LogP contribution in [0.2, 0.25) is 15.1 Å². The average molecular weight is 474 g/mol. The molecule has 4 nitrogen and oxygen atoms in total. The lowest BCUT2D eigenvalue weighted by Gasteiger charge is -2.31. The molecule has 162 valence electrons. The Morgan fingerprint density at radius 1 is 1.07 bits per heavy atom. The number of halogens is 4. The number of amides is 2. The Kier molecular flexibility index (Phi) is 8.14. The molecular formula is C22H24Cl3FN2O2. The molecule has 2 aromatic rings. The molecule has 1 N–H and O–H groups in total. The molecule has 0 aliphatic rings. The Morgan fingerprint density at radius 3 is 2.30 bits per heavy atom. The van der Waals surface area contributed by atoms with Gasteiger partial charge in [0, 0.05) is 22.7 Å². The molecule has 0 bridgehead atoms. The van der Waals surface area contributed by atoms with Crippen LogP contribution in [-0.4, -0.2) is 28.3 Å². The zero-order valence-corrected chi connectivity index (χ0v) is 19.5. The summed E-state index contributed by atoms with van der Waals surface area (Å²) in [5, 5.41) is 3.75. The summed E-state index contributed by atoms with van der Waals surface area (Å²) in [6.45, 7) is 7.27. The van der Waals surface area contributed by atoms with Crippen molar-refractivity contribution in [3.05, 3.63) is 68.4 Å². The van der Waals surface area contributed by atoms with Gasteiger partial charge in [-0.1, -0.05) is 46.9 Å². The Labute approximate surface area is 191 Å². The second-order valence-corrected chi connectivity index (χ2v) is 9.28. The standard InChI is InChI=1S/C22H24Cl3FN2O2/c1-13(21(30)27-22(2,3)4)28(12-14-8-9-17(24)18(25)10-14)20(29)11-15-16(23)6-5-7-19(15)26/h5-10,13H,11-12H2,1-4H3,(H,27,30). The number of benzene rings is 2. The first-order valence-corrected chi connectivity index (χ1v) is 10.5. The van der Waals surface area contributed by atoms with Crippen LogP contribution in [0.5, 0.6) is 0 Å². The maximum Gasteiger partial charge on any atom is 0.242 e. The van der Waals surface area contributed by atoms with Crippen molar-refractivity contribution in [2.45, 2.75) is 52.2 Å². The van der Waals surface area contributed by atoms with Gasteiger partial charge in [-0.25, -0.2) is 4.39 Å². The molecule has 0 saturated carbocycles. The van der Waals surface area contributed by atoms with Gasteiger partial charge >= 0.3 is 0 Å². The quantitative estimate of drug-likeness (QED) is 0.588. The lowest BCUT2D eigenvalue weighted by Crippen LogP contribution is -2.52. The van der Waals surface area contributed by atoms with Gasteiger partial charge in [-0.2, -0.15) is 0 Å². The molecule has 0 fully saturated rings. The van der Waals surface area contributed by atoms with E-state index in [-0.39, 0.29) is 29.5 Å². The monoisotopic (exact) mass is 472 g/mol. The third kappa shape index (κ3) is 6.59. The molecule has 0 aliphatic carbocycles. The van der Waals surface area contributed by atoms with Crippen molar-refractivity contribution >= 4 is 46.6 Å². The topological polar surface area (TPSA) is 49.4 Å². The molecule has 30 heavy (non-hydrogen) atoms. The van der Waals surface area contributed by atoms with Gasteiger partial charge in [0.2, 0.25) is 11.8 Å². The fraction of sp³-hybridized carbons (Fsp3) is 0.364. The highest BCUT2D eigenvalue weighted by atomic mass is 35.5. The van der Waals surface area contributed by atoms with Gasteiger partial charge in [-0.05, 0) is 57.5 Å². The van der Waals surface area contributed by atoms with E-state index < -0.39 is 23.3 Å². The molecule has 2 aromatic carbocycles. The largest absolute Gasteiger partial charge is 0.350 e.